The lowest BCUT2D eigenvalue weighted by atomic mass is 9.99. The number of aliphatic hydroxyl groups is 5. The first kappa shape index (κ1) is 80.1. The average molecular weight is 1200 g/mol. The number of ether oxygens (including phenoxy) is 3. The summed E-state index contributed by atoms with van der Waals surface area (Å²) in [4.78, 5) is 25.0. The summed E-state index contributed by atoms with van der Waals surface area (Å²) in [6.45, 7) is 4.23. The van der Waals surface area contributed by atoms with Crippen LogP contribution in [-0.4, -0.2) is 100 Å². The molecule has 0 spiro atoms. The van der Waals surface area contributed by atoms with Crippen molar-refractivity contribution in [2.24, 2.45) is 0 Å². The zero-order valence-corrected chi connectivity index (χ0v) is 54.8. The predicted octanol–water partition coefficient (Wildman–Crippen LogP) is 18.3. The van der Waals surface area contributed by atoms with E-state index in [0.29, 0.717) is 19.4 Å². The van der Waals surface area contributed by atoms with Crippen molar-refractivity contribution >= 4 is 11.9 Å². The van der Waals surface area contributed by atoms with Gasteiger partial charge in [-0.3, -0.25) is 9.59 Å². The monoisotopic (exact) mass is 1200 g/mol. The highest BCUT2D eigenvalue weighted by Crippen LogP contribution is 2.23. The quantitative estimate of drug-likeness (QED) is 0.0195. The Balaban J connectivity index is 1.94. The van der Waals surface area contributed by atoms with Crippen molar-refractivity contribution < 1.29 is 49.3 Å². The number of allylic oxidation sites excluding steroid dienone is 11. The predicted molar refractivity (Wildman–Crippen MR) is 356 cm³/mol. The summed E-state index contributed by atoms with van der Waals surface area (Å²) in [7, 11) is 0. The van der Waals surface area contributed by atoms with Crippen LogP contribution in [0.1, 0.15) is 322 Å². The van der Waals surface area contributed by atoms with E-state index in [1.54, 1.807) is 6.08 Å². The molecule has 0 aromatic carbocycles. The van der Waals surface area contributed by atoms with Crippen LogP contribution in [0.3, 0.4) is 0 Å². The van der Waals surface area contributed by atoms with Crippen molar-refractivity contribution in [2.75, 3.05) is 19.8 Å². The van der Waals surface area contributed by atoms with Crippen molar-refractivity contribution in [1.82, 2.24) is 5.32 Å². The standard InChI is InChI=1S/C74H133NO10/c1-3-5-7-9-11-13-40-44-48-52-56-60-67(77)66(65-84-74-73(82)72(81)71(80)68(64-76)85-74)75-69(78)61-57-53-49-45-42-38-36-34-32-30-28-26-24-22-20-18-16-15-17-19-21-23-25-27-29-31-33-35-37-39-43-47-51-55-59-63-83-70(79)62-58-54-50-46-41-14-12-10-8-6-4-2/h7,9-10,12,17,19,23,25,40,44,56,60,66-68,71-74,76-77,80-82H,3-6,8,11,13-16,18,20-22,24,26-39,41-43,45-55,57-59,61-65H2,1-2H3,(H,75,78)/b9-7+,12-10-,19-17-,25-23-,44-40+,60-56+. The molecule has 494 valence electrons. The van der Waals surface area contributed by atoms with Crippen LogP contribution in [-0.2, 0) is 23.8 Å². The summed E-state index contributed by atoms with van der Waals surface area (Å²) in [5.41, 5.74) is 0. The van der Waals surface area contributed by atoms with Gasteiger partial charge in [0.15, 0.2) is 6.29 Å². The maximum Gasteiger partial charge on any atom is 0.305 e. The Morgan fingerprint density at radius 3 is 1.28 bits per heavy atom. The van der Waals surface area contributed by atoms with Crippen molar-refractivity contribution in [3.63, 3.8) is 0 Å². The molecule has 6 N–H and O–H groups in total. The van der Waals surface area contributed by atoms with Crippen LogP contribution < -0.4 is 5.32 Å². The Bertz CT molecular complexity index is 1640. The zero-order chi connectivity index (χ0) is 61.6. The number of carbonyl (C=O) groups is 2. The van der Waals surface area contributed by atoms with Gasteiger partial charge < -0.3 is 45.1 Å². The fourth-order valence-electron chi connectivity index (χ4n) is 10.8. The molecule has 85 heavy (non-hydrogen) atoms. The molecule has 1 aliphatic rings. The van der Waals surface area contributed by atoms with Gasteiger partial charge in [-0.15, -0.1) is 0 Å². The highest BCUT2D eigenvalue weighted by molar-refractivity contribution is 5.76. The van der Waals surface area contributed by atoms with E-state index in [2.05, 4.69) is 79.9 Å². The summed E-state index contributed by atoms with van der Waals surface area (Å²) in [5, 5.41) is 54.3. The number of carbonyl (C=O) groups excluding carboxylic acids is 2. The van der Waals surface area contributed by atoms with E-state index in [1.165, 1.54) is 212 Å². The number of nitrogens with one attached hydrogen (secondary N) is 1. The van der Waals surface area contributed by atoms with Crippen molar-refractivity contribution in [1.29, 1.82) is 0 Å². The van der Waals surface area contributed by atoms with Gasteiger partial charge in [-0.05, 0) is 103 Å². The van der Waals surface area contributed by atoms with Crippen LogP contribution in [0.5, 0.6) is 0 Å². The first-order valence-corrected chi connectivity index (χ1v) is 35.7. The highest BCUT2D eigenvalue weighted by Gasteiger charge is 2.44. The van der Waals surface area contributed by atoms with Crippen LogP contribution in [0.25, 0.3) is 0 Å². The van der Waals surface area contributed by atoms with Crippen LogP contribution in [0.15, 0.2) is 72.9 Å². The van der Waals surface area contributed by atoms with E-state index >= 15 is 0 Å². The van der Waals surface area contributed by atoms with Gasteiger partial charge in [0.05, 0.1) is 32.0 Å². The molecular weight excluding hydrogens is 1060 g/mol. The highest BCUT2D eigenvalue weighted by atomic mass is 16.7. The first-order valence-electron chi connectivity index (χ1n) is 35.7. The number of amides is 1. The molecule has 0 aromatic heterocycles. The van der Waals surface area contributed by atoms with E-state index < -0.39 is 49.5 Å². The molecule has 7 atom stereocenters. The molecule has 11 heteroatoms. The Kier molecular flexibility index (Phi) is 59.1. The summed E-state index contributed by atoms with van der Waals surface area (Å²) < 4.78 is 16.7. The van der Waals surface area contributed by atoms with Crippen molar-refractivity contribution in [2.45, 2.75) is 365 Å². The largest absolute Gasteiger partial charge is 0.466 e. The fraction of sp³-hybridized carbons (Fsp3) is 0.811. The number of rotatable bonds is 62. The van der Waals surface area contributed by atoms with Gasteiger partial charge in [-0.25, -0.2) is 0 Å². The third kappa shape index (κ3) is 51.7. The van der Waals surface area contributed by atoms with E-state index in [4.69, 9.17) is 14.2 Å². The minimum atomic E-state index is -1.58. The lowest BCUT2D eigenvalue weighted by Gasteiger charge is -2.40. The molecular formula is C74H133NO10. The number of aliphatic hydroxyl groups excluding tert-OH is 5. The second-order valence-corrected chi connectivity index (χ2v) is 24.6. The molecule has 7 unspecified atom stereocenters. The number of hydrogen-bond acceptors (Lipinski definition) is 10. The Morgan fingerprint density at radius 1 is 0.435 bits per heavy atom. The lowest BCUT2D eigenvalue weighted by molar-refractivity contribution is -0.302. The maximum atomic E-state index is 13.0. The molecule has 11 nitrogen and oxygen atoms in total. The summed E-state index contributed by atoms with van der Waals surface area (Å²) >= 11 is 0. The fourth-order valence-corrected chi connectivity index (χ4v) is 10.8. The van der Waals surface area contributed by atoms with Crippen LogP contribution in [0, 0.1) is 0 Å². The molecule has 1 aliphatic heterocycles. The van der Waals surface area contributed by atoms with E-state index in [9.17, 15) is 35.1 Å². The lowest BCUT2D eigenvalue weighted by Crippen LogP contribution is -2.60. The third-order valence-corrected chi connectivity index (χ3v) is 16.5. The molecule has 0 aromatic rings. The van der Waals surface area contributed by atoms with Gasteiger partial charge in [-0.1, -0.05) is 279 Å². The normalized spacial score (nSPS) is 18.4. The van der Waals surface area contributed by atoms with Gasteiger partial charge in [-0.2, -0.15) is 0 Å². The molecule has 0 saturated carbocycles. The smallest absolute Gasteiger partial charge is 0.305 e. The maximum absolute atomic E-state index is 13.0. The molecule has 1 amide bonds. The zero-order valence-electron chi connectivity index (χ0n) is 54.8. The number of hydrogen-bond donors (Lipinski definition) is 6. The van der Waals surface area contributed by atoms with E-state index in [1.807, 2.05) is 6.08 Å². The average Bonchev–Trinajstić information content (AvgIpc) is 3.67. The van der Waals surface area contributed by atoms with Gasteiger partial charge in [0.1, 0.15) is 24.4 Å². The Morgan fingerprint density at radius 2 is 0.824 bits per heavy atom. The van der Waals surface area contributed by atoms with Crippen molar-refractivity contribution in [3.05, 3.63) is 72.9 Å². The molecule has 0 bridgehead atoms. The summed E-state index contributed by atoms with van der Waals surface area (Å²) in [5.74, 6) is -0.197. The van der Waals surface area contributed by atoms with Gasteiger partial charge >= 0.3 is 5.97 Å². The number of esters is 1. The second-order valence-electron chi connectivity index (χ2n) is 24.6. The van der Waals surface area contributed by atoms with E-state index in [-0.39, 0.29) is 18.5 Å². The summed E-state index contributed by atoms with van der Waals surface area (Å²) in [6.07, 6.45) is 74.9. The second kappa shape index (κ2) is 62.7. The van der Waals surface area contributed by atoms with Gasteiger partial charge in [0.25, 0.3) is 0 Å². The van der Waals surface area contributed by atoms with Crippen LogP contribution in [0.2, 0.25) is 0 Å². The topological polar surface area (TPSA) is 175 Å². The number of unbranched alkanes of at least 4 members (excludes halogenated alkanes) is 38. The van der Waals surface area contributed by atoms with Gasteiger partial charge in [0.2, 0.25) is 5.91 Å². The molecule has 1 heterocycles. The van der Waals surface area contributed by atoms with Crippen molar-refractivity contribution in [3.8, 4) is 0 Å². The Hall–Kier alpha value is -2.90. The van der Waals surface area contributed by atoms with Crippen LogP contribution in [0.4, 0.5) is 0 Å². The summed E-state index contributed by atoms with van der Waals surface area (Å²) in [6, 6.07) is -0.833. The Labute approximate surface area is 521 Å². The van der Waals surface area contributed by atoms with Crippen LogP contribution >= 0.6 is 0 Å². The van der Waals surface area contributed by atoms with Gasteiger partial charge in [0, 0.05) is 12.8 Å². The minimum absolute atomic E-state index is 0.00188. The first-order chi connectivity index (χ1) is 41.7. The molecule has 1 rings (SSSR count). The molecule has 0 aliphatic carbocycles. The minimum Gasteiger partial charge on any atom is -0.466 e. The van der Waals surface area contributed by atoms with E-state index in [0.717, 1.165) is 83.5 Å². The third-order valence-electron chi connectivity index (χ3n) is 16.5. The SMILES string of the molecule is CCC/C=C/CC/C=C/CC/C=C/C(O)C(COC1OC(CO)C(O)C(O)C1O)NC(=O)CCCCCCCCCCCCCCCCCCC/C=C\C/C=C\CCCCCCCCCCCCCOC(=O)CCCCCCC/C=C\CCCC. The molecule has 1 fully saturated rings. The molecule has 1 saturated heterocycles. The molecule has 0 radical (unpaired) electrons.